The van der Waals surface area contributed by atoms with Gasteiger partial charge in [0, 0.05) is 13.1 Å². The number of aryl methyl sites for hydroxylation is 2. The van der Waals surface area contributed by atoms with Crippen LogP contribution in [0.1, 0.15) is 25.2 Å². The minimum atomic E-state index is 0.464. The smallest absolute Gasteiger partial charge is 0.0827 e. The van der Waals surface area contributed by atoms with Crippen LogP contribution in [0.5, 0.6) is 0 Å². The Bertz CT molecular complexity index is 274. The molecule has 0 aliphatic heterocycles. The van der Waals surface area contributed by atoms with Crippen LogP contribution < -0.4 is 5.32 Å². The summed E-state index contributed by atoms with van der Waals surface area (Å²) in [4.78, 5) is 0. The van der Waals surface area contributed by atoms with E-state index in [2.05, 4.69) is 31.2 Å². The summed E-state index contributed by atoms with van der Waals surface area (Å²) < 4.78 is 1.90. The number of hydrogen-bond donors (Lipinski definition) is 1. The average molecular weight is 167 g/mol. The lowest BCUT2D eigenvalue weighted by atomic mass is 10.3. The van der Waals surface area contributed by atoms with Crippen molar-refractivity contribution in [3.8, 4) is 0 Å². The third-order valence-corrected chi connectivity index (χ3v) is 1.94. The number of nitrogens with zero attached hydrogens (tertiary/aromatic N) is 2. The third kappa shape index (κ3) is 1.60. The first kappa shape index (κ1) is 9.10. The fourth-order valence-corrected chi connectivity index (χ4v) is 1.27. The van der Waals surface area contributed by atoms with Crippen LogP contribution in [0.15, 0.2) is 0 Å². The Kier molecular flexibility index (Phi) is 2.40. The van der Waals surface area contributed by atoms with Gasteiger partial charge in [-0.05, 0) is 27.7 Å². The predicted molar refractivity (Wildman–Crippen MR) is 51.4 cm³/mol. The fraction of sp³-hybridized carbons (Fsp3) is 0.667. The van der Waals surface area contributed by atoms with E-state index < -0.39 is 0 Å². The fourth-order valence-electron chi connectivity index (χ4n) is 1.27. The molecule has 0 aromatic carbocycles. The van der Waals surface area contributed by atoms with E-state index in [0.717, 1.165) is 5.69 Å². The van der Waals surface area contributed by atoms with Crippen molar-refractivity contribution in [2.75, 3.05) is 5.32 Å². The molecule has 68 valence electrons. The Balaban J connectivity index is 2.97. The Morgan fingerprint density at radius 3 is 2.25 bits per heavy atom. The molecular formula is C9H17N3. The highest BCUT2D eigenvalue weighted by molar-refractivity contribution is 5.52. The molecule has 0 atom stereocenters. The van der Waals surface area contributed by atoms with Crippen LogP contribution >= 0.6 is 0 Å². The summed E-state index contributed by atoms with van der Waals surface area (Å²) in [6, 6.07) is 0.464. The molecule has 0 aliphatic rings. The van der Waals surface area contributed by atoms with Crippen molar-refractivity contribution in [2.24, 2.45) is 7.05 Å². The van der Waals surface area contributed by atoms with E-state index in [9.17, 15) is 0 Å². The highest BCUT2D eigenvalue weighted by Gasteiger charge is 2.08. The van der Waals surface area contributed by atoms with Gasteiger partial charge in [0.05, 0.1) is 17.1 Å². The second-order valence-electron chi connectivity index (χ2n) is 3.47. The summed E-state index contributed by atoms with van der Waals surface area (Å²) in [5.74, 6) is 0. The maximum absolute atomic E-state index is 4.32. The molecule has 1 rings (SSSR count). The zero-order valence-corrected chi connectivity index (χ0v) is 8.47. The van der Waals surface area contributed by atoms with Gasteiger partial charge in [-0.15, -0.1) is 0 Å². The van der Waals surface area contributed by atoms with Crippen molar-refractivity contribution in [2.45, 2.75) is 33.7 Å². The van der Waals surface area contributed by atoms with Crippen LogP contribution in [0.2, 0.25) is 0 Å². The van der Waals surface area contributed by atoms with Crippen molar-refractivity contribution in [1.82, 2.24) is 9.78 Å². The van der Waals surface area contributed by atoms with Gasteiger partial charge in [0.15, 0.2) is 0 Å². The van der Waals surface area contributed by atoms with Gasteiger partial charge in [0.25, 0.3) is 0 Å². The molecular weight excluding hydrogens is 150 g/mol. The topological polar surface area (TPSA) is 29.9 Å². The second-order valence-corrected chi connectivity index (χ2v) is 3.47. The van der Waals surface area contributed by atoms with Crippen LogP contribution in [0.3, 0.4) is 0 Å². The first-order chi connectivity index (χ1) is 5.52. The van der Waals surface area contributed by atoms with Gasteiger partial charge >= 0.3 is 0 Å². The van der Waals surface area contributed by atoms with Crippen molar-refractivity contribution in [3.05, 3.63) is 11.4 Å². The van der Waals surface area contributed by atoms with E-state index >= 15 is 0 Å². The maximum Gasteiger partial charge on any atom is 0.0827 e. The molecule has 0 aliphatic carbocycles. The lowest BCUT2D eigenvalue weighted by molar-refractivity contribution is 0.731. The lowest BCUT2D eigenvalue weighted by Gasteiger charge is -2.09. The lowest BCUT2D eigenvalue weighted by Crippen LogP contribution is -2.11. The molecule has 0 radical (unpaired) electrons. The molecule has 1 aromatic heterocycles. The van der Waals surface area contributed by atoms with Crippen LogP contribution in [-0.4, -0.2) is 15.8 Å². The summed E-state index contributed by atoms with van der Waals surface area (Å²) in [7, 11) is 1.97. The SMILES string of the molecule is Cc1nn(C)c(C)c1NC(C)C. The summed E-state index contributed by atoms with van der Waals surface area (Å²) >= 11 is 0. The summed E-state index contributed by atoms with van der Waals surface area (Å²) in [6.45, 7) is 8.36. The third-order valence-electron chi connectivity index (χ3n) is 1.94. The molecule has 3 nitrogen and oxygen atoms in total. The van der Waals surface area contributed by atoms with E-state index in [1.807, 2.05) is 18.7 Å². The summed E-state index contributed by atoms with van der Waals surface area (Å²) in [5, 5.41) is 7.70. The van der Waals surface area contributed by atoms with Crippen LogP contribution in [0, 0.1) is 13.8 Å². The van der Waals surface area contributed by atoms with Gasteiger partial charge in [-0.1, -0.05) is 0 Å². The molecule has 0 fully saturated rings. The number of nitrogens with one attached hydrogen (secondary N) is 1. The van der Waals surface area contributed by atoms with E-state index in [1.165, 1.54) is 11.4 Å². The number of anilines is 1. The molecule has 0 unspecified atom stereocenters. The highest BCUT2D eigenvalue weighted by Crippen LogP contribution is 2.18. The van der Waals surface area contributed by atoms with Gasteiger partial charge in [-0.25, -0.2) is 0 Å². The van der Waals surface area contributed by atoms with Crippen molar-refractivity contribution in [1.29, 1.82) is 0 Å². The van der Waals surface area contributed by atoms with Gasteiger partial charge in [-0.2, -0.15) is 5.10 Å². The van der Waals surface area contributed by atoms with Crippen LogP contribution in [0.25, 0.3) is 0 Å². The van der Waals surface area contributed by atoms with Crippen molar-refractivity contribution < 1.29 is 0 Å². The second kappa shape index (κ2) is 3.17. The molecule has 12 heavy (non-hydrogen) atoms. The van der Waals surface area contributed by atoms with E-state index in [1.54, 1.807) is 0 Å². The average Bonchev–Trinajstić information content (AvgIpc) is 2.16. The molecule has 0 saturated carbocycles. The maximum atomic E-state index is 4.32. The molecule has 1 heterocycles. The Hall–Kier alpha value is -0.990. The largest absolute Gasteiger partial charge is 0.380 e. The molecule has 1 N–H and O–H groups in total. The van der Waals surface area contributed by atoms with Crippen molar-refractivity contribution in [3.63, 3.8) is 0 Å². The van der Waals surface area contributed by atoms with E-state index in [-0.39, 0.29) is 0 Å². The Morgan fingerprint density at radius 1 is 1.33 bits per heavy atom. The number of hydrogen-bond acceptors (Lipinski definition) is 2. The molecule has 0 spiro atoms. The van der Waals surface area contributed by atoms with Gasteiger partial charge in [0.1, 0.15) is 0 Å². The molecule has 0 bridgehead atoms. The molecule has 0 saturated heterocycles. The highest BCUT2D eigenvalue weighted by atomic mass is 15.3. The van der Waals surface area contributed by atoms with E-state index in [4.69, 9.17) is 0 Å². The normalized spacial score (nSPS) is 10.8. The number of aromatic nitrogens is 2. The first-order valence-corrected chi connectivity index (χ1v) is 4.29. The van der Waals surface area contributed by atoms with Gasteiger partial charge in [-0.3, -0.25) is 4.68 Å². The molecule has 1 aromatic rings. The Morgan fingerprint density at radius 2 is 1.92 bits per heavy atom. The van der Waals surface area contributed by atoms with Gasteiger partial charge < -0.3 is 5.32 Å². The van der Waals surface area contributed by atoms with E-state index in [0.29, 0.717) is 6.04 Å². The standard InChI is InChI=1S/C9H17N3/c1-6(2)10-9-7(3)11-12(5)8(9)4/h6,10H,1-5H3. The number of rotatable bonds is 2. The first-order valence-electron chi connectivity index (χ1n) is 4.29. The van der Waals surface area contributed by atoms with Crippen LogP contribution in [-0.2, 0) is 7.05 Å². The summed E-state index contributed by atoms with van der Waals surface area (Å²) in [6.07, 6.45) is 0. The molecule has 0 amide bonds. The Labute approximate surface area is 73.8 Å². The van der Waals surface area contributed by atoms with Crippen molar-refractivity contribution >= 4 is 5.69 Å². The van der Waals surface area contributed by atoms with Gasteiger partial charge in [0.2, 0.25) is 0 Å². The molecule has 3 heteroatoms. The zero-order chi connectivity index (χ0) is 9.30. The zero-order valence-electron chi connectivity index (χ0n) is 8.47. The monoisotopic (exact) mass is 167 g/mol. The quantitative estimate of drug-likeness (QED) is 0.728. The minimum Gasteiger partial charge on any atom is -0.380 e. The predicted octanol–water partition coefficient (Wildman–Crippen LogP) is 1.86. The summed E-state index contributed by atoms with van der Waals surface area (Å²) in [5.41, 5.74) is 3.44. The van der Waals surface area contributed by atoms with Crippen LogP contribution in [0.4, 0.5) is 5.69 Å². The minimum absolute atomic E-state index is 0.464.